The number of carbonyl (C=O) groups is 2. The molecule has 0 unspecified atom stereocenters. The lowest BCUT2D eigenvalue weighted by atomic mass is 9.95. The highest BCUT2D eigenvalue weighted by Crippen LogP contribution is 2.18. The topological polar surface area (TPSA) is 37.4 Å². The number of likely N-dealkylation sites (tertiary alicyclic amines) is 1. The molecule has 92 valence electrons. The van der Waals surface area contributed by atoms with Crippen molar-refractivity contribution >= 4 is 11.7 Å². The van der Waals surface area contributed by atoms with Gasteiger partial charge in [0.2, 0.25) is 5.91 Å². The molecule has 1 rings (SSSR count). The van der Waals surface area contributed by atoms with Crippen molar-refractivity contribution < 1.29 is 9.59 Å². The van der Waals surface area contributed by atoms with Crippen LogP contribution in [0.25, 0.3) is 0 Å². The fourth-order valence-corrected chi connectivity index (χ4v) is 2.37. The number of hydrogen-bond acceptors (Lipinski definition) is 2. The molecule has 0 aliphatic carbocycles. The lowest BCUT2D eigenvalue weighted by Crippen LogP contribution is -2.43. The molecule has 0 N–H and O–H groups in total. The third-order valence-electron chi connectivity index (χ3n) is 3.19. The summed E-state index contributed by atoms with van der Waals surface area (Å²) in [6.07, 6.45) is 5.48. The van der Waals surface area contributed by atoms with Crippen LogP contribution < -0.4 is 0 Å². The first-order valence-corrected chi connectivity index (χ1v) is 6.49. The molecule has 0 aromatic rings. The second-order valence-electron chi connectivity index (χ2n) is 4.68. The molecule has 3 nitrogen and oxygen atoms in total. The normalized spacial score (nSPS) is 16.9. The molecular formula is C13H23NO2. The number of rotatable bonds is 5. The van der Waals surface area contributed by atoms with Gasteiger partial charge in [0.05, 0.1) is 6.54 Å². The number of nitrogens with zero attached hydrogens (tertiary/aromatic N) is 1. The first-order chi connectivity index (χ1) is 7.69. The summed E-state index contributed by atoms with van der Waals surface area (Å²) < 4.78 is 0. The van der Waals surface area contributed by atoms with E-state index in [2.05, 4.69) is 13.8 Å². The smallest absolute Gasteiger partial charge is 0.226 e. The summed E-state index contributed by atoms with van der Waals surface area (Å²) >= 11 is 0. The standard InChI is InChI=1S/C13H23NO2/c1-3-6-11(7-4-2)13(16)14-9-5-8-12(15)10-14/h11H,3-10H2,1-2H3. The largest absolute Gasteiger partial charge is 0.335 e. The third kappa shape index (κ3) is 3.62. The molecule has 0 aromatic heterocycles. The Morgan fingerprint density at radius 2 is 1.94 bits per heavy atom. The second kappa shape index (κ2) is 6.66. The Hall–Kier alpha value is -0.860. The number of Topliss-reactive ketones (excluding diaryl/α,β-unsaturated/α-hetero) is 1. The molecular weight excluding hydrogens is 202 g/mol. The average molecular weight is 225 g/mol. The quantitative estimate of drug-likeness (QED) is 0.720. The van der Waals surface area contributed by atoms with Crippen LogP contribution in [0.15, 0.2) is 0 Å². The Balaban J connectivity index is 2.54. The van der Waals surface area contributed by atoms with Gasteiger partial charge in [0.25, 0.3) is 0 Å². The Morgan fingerprint density at radius 3 is 2.44 bits per heavy atom. The van der Waals surface area contributed by atoms with Gasteiger partial charge in [-0.1, -0.05) is 26.7 Å². The van der Waals surface area contributed by atoms with Gasteiger partial charge in [-0.05, 0) is 19.3 Å². The van der Waals surface area contributed by atoms with E-state index in [0.717, 1.165) is 38.6 Å². The van der Waals surface area contributed by atoms with E-state index < -0.39 is 0 Å². The predicted octanol–water partition coefficient (Wildman–Crippen LogP) is 2.39. The Labute approximate surface area is 98.2 Å². The van der Waals surface area contributed by atoms with Crippen LogP contribution in [-0.2, 0) is 9.59 Å². The van der Waals surface area contributed by atoms with Crippen molar-refractivity contribution in [1.82, 2.24) is 4.90 Å². The molecule has 1 amide bonds. The van der Waals surface area contributed by atoms with Gasteiger partial charge in [-0.3, -0.25) is 9.59 Å². The van der Waals surface area contributed by atoms with Crippen LogP contribution in [-0.4, -0.2) is 29.7 Å². The molecule has 0 atom stereocenters. The fourth-order valence-electron chi connectivity index (χ4n) is 2.37. The zero-order chi connectivity index (χ0) is 12.0. The highest BCUT2D eigenvalue weighted by atomic mass is 16.2. The SMILES string of the molecule is CCCC(CCC)C(=O)N1CCCC(=O)C1. The maximum absolute atomic E-state index is 12.2. The van der Waals surface area contributed by atoms with Gasteiger partial charge in [0.1, 0.15) is 0 Å². The van der Waals surface area contributed by atoms with Gasteiger partial charge >= 0.3 is 0 Å². The number of carbonyl (C=O) groups excluding carboxylic acids is 2. The number of hydrogen-bond donors (Lipinski definition) is 0. The molecule has 0 bridgehead atoms. The Bertz CT molecular complexity index is 244. The van der Waals surface area contributed by atoms with Crippen molar-refractivity contribution in [2.24, 2.45) is 5.92 Å². The van der Waals surface area contributed by atoms with Crippen LogP contribution in [0.1, 0.15) is 52.4 Å². The maximum atomic E-state index is 12.2. The summed E-state index contributed by atoms with van der Waals surface area (Å²) in [6.45, 7) is 5.34. The van der Waals surface area contributed by atoms with Gasteiger partial charge in [-0.15, -0.1) is 0 Å². The minimum atomic E-state index is 0.140. The molecule has 1 aliphatic rings. The summed E-state index contributed by atoms with van der Waals surface area (Å²) in [7, 11) is 0. The molecule has 16 heavy (non-hydrogen) atoms. The zero-order valence-electron chi connectivity index (χ0n) is 10.5. The van der Waals surface area contributed by atoms with Crippen LogP contribution in [0.4, 0.5) is 0 Å². The van der Waals surface area contributed by atoms with Crippen molar-refractivity contribution in [3.05, 3.63) is 0 Å². The van der Waals surface area contributed by atoms with E-state index in [1.807, 2.05) is 0 Å². The van der Waals surface area contributed by atoms with E-state index in [1.54, 1.807) is 4.90 Å². The first-order valence-electron chi connectivity index (χ1n) is 6.49. The van der Waals surface area contributed by atoms with Crippen LogP contribution in [0.3, 0.4) is 0 Å². The minimum absolute atomic E-state index is 0.140. The third-order valence-corrected chi connectivity index (χ3v) is 3.19. The first kappa shape index (κ1) is 13.2. The number of ketones is 1. The molecule has 0 saturated carbocycles. The fraction of sp³-hybridized carbons (Fsp3) is 0.846. The predicted molar refractivity (Wildman–Crippen MR) is 64.1 cm³/mol. The Kier molecular flexibility index (Phi) is 5.50. The molecule has 3 heteroatoms. The summed E-state index contributed by atoms with van der Waals surface area (Å²) in [6, 6.07) is 0. The van der Waals surface area contributed by atoms with Gasteiger partial charge in [0.15, 0.2) is 5.78 Å². The monoisotopic (exact) mass is 225 g/mol. The molecule has 1 aliphatic heterocycles. The van der Waals surface area contributed by atoms with Crippen LogP contribution in [0.2, 0.25) is 0 Å². The summed E-state index contributed by atoms with van der Waals surface area (Å²) in [4.78, 5) is 25.3. The van der Waals surface area contributed by atoms with E-state index in [9.17, 15) is 9.59 Å². The average Bonchev–Trinajstić information content (AvgIpc) is 2.28. The highest BCUT2D eigenvalue weighted by Gasteiger charge is 2.26. The number of piperidine rings is 1. The molecule has 1 saturated heterocycles. The van der Waals surface area contributed by atoms with Crippen molar-refractivity contribution in [3.63, 3.8) is 0 Å². The molecule has 1 fully saturated rings. The van der Waals surface area contributed by atoms with E-state index in [4.69, 9.17) is 0 Å². The van der Waals surface area contributed by atoms with Gasteiger partial charge in [-0.2, -0.15) is 0 Å². The summed E-state index contributed by atoms with van der Waals surface area (Å²) in [5.41, 5.74) is 0. The molecule has 0 spiro atoms. The lowest BCUT2D eigenvalue weighted by Gasteiger charge is -2.29. The van der Waals surface area contributed by atoms with Gasteiger partial charge < -0.3 is 4.90 Å². The summed E-state index contributed by atoms with van der Waals surface area (Å²) in [5, 5.41) is 0. The summed E-state index contributed by atoms with van der Waals surface area (Å²) in [5.74, 6) is 0.559. The van der Waals surface area contributed by atoms with Crippen molar-refractivity contribution in [3.8, 4) is 0 Å². The van der Waals surface area contributed by atoms with Crippen molar-refractivity contribution in [2.75, 3.05) is 13.1 Å². The molecule has 0 aromatic carbocycles. The maximum Gasteiger partial charge on any atom is 0.226 e. The number of amides is 1. The minimum Gasteiger partial charge on any atom is -0.335 e. The van der Waals surface area contributed by atoms with E-state index in [-0.39, 0.29) is 17.6 Å². The second-order valence-corrected chi connectivity index (χ2v) is 4.68. The van der Waals surface area contributed by atoms with Crippen LogP contribution in [0.5, 0.6) is 0 Å². The molecule has 0 radical (unpaired) electrons. The van der Waals surface area contributed by atoms with Gasteiger partial charge in [0, 0.05) is 18.9 Å². The zero-order valence-corrected chi connectivity index (χ0v) is 10.5. The Morgan fingerprint density at radius 1 is 1.31 bits per heavy atom. The van der Waals surface area contributed by atoms with Crippen LogP contribution >= 0.6 is 0 Å². The van der Waals surface area contributed by atoms with E-state index in [0.29, 0.717) is 13.0 Å². The van der Waals surface area contributed by atoms with Gasteiger partial charge in [-0.25, -0.2) is 0 Å². The molecule has 1 heterocycles. The highest BCUT2D eigenvalue weighted by molar-refractivity contribution is 5.88. The van der Waals surface area contributed by atoms with E-state index >= 15 is 0 Å². The van der Waals surface area contributed by atoms with Crippen molar-refractivity contribution in [1.29, 1.82) is 0 Å². The lowest BCUT2D eigenvalue weighted by molar-refractivity contribution is -0.141. The van der Waals surface area contributed by atoms with Crippen molar-refractivity contribution in [2.45, 2.75) is 52.4 Å². The van der Waals surface area contributed by atoms with E-state index in [1.165, 1.54) is 0 Å². The van der Waals surface area contributed by atoms with Crippen LogP contribution in [0, 0.1) is 5.92 Å².